The Bertz CT molecular complexity index is 558. The van der Waals surface area contributed by atoms with E-state index in [2.05, 4.69) is 30.3 Å². The first-order valence-corrected chi connectivity index (χ1v) is 6.27. The van der Waals surface area contributed by atoms with Gasteiger partial charge in [0.05, 0.1) is 13.2 Å². The summed E-state index contributed by atoms with van der Waals surface area (Å²) in [6.45, 7) is 1.90. The van der Waals surface area contributed by atoms with Crippen molar-refractivity contribution in [3.05, 3.63) is 48.0 Å². The summed E-state index contributed by atoms with van der Waals surface area (Å²) >= 11 is 0. The fourth-order valence-electron chi connectivity index (χ4n) is 2.54. The Kier molecular flexibility index (Phi) is 2.82. The van der Waals surface area contributed by atoms with Crippen LogP contribution in [-0.4, -0.2) is 19.8 Å². The van der Waals surface area contributed by atoms with Gasteiger partial charge in [0.25, 0.3) is 0 Å². The molecule has 3 rings (SSSR count). The predicted molar refractivity (Wildman–Crippen MR) is 73.2 cm³/mol. The molecule has 94 valence electrons. The van der Waals surface area contributed by atoms with Gasteiger partial charge in [-0.3, -0.25) is 0 Å². The lowest BCUT2D eigenvalue weighted by Gasteiger charge is -2.45. The first-order valence-electron chi connectivity index (χ1n) is 6.27. The van der Waals surface area contributed by atoms with Gasteiger partial charge in [0, 0.05) is 18.0 Å². The molecule has 0 saturated carbocycles. The van der Waals surface area contributed by atoms with Crippen molar-refractivity contribution in [1.82, 2.24) is 0 Å². The maximum absolute atomic E-state index is 6.38. The van der Waals surface area contributed by atoms with Crippen LogP contribution in [0, 0.1) is 5.41 Å². The Morgan fingerprint density at radius 3 is 2.44 bits per heavy atom. The van der Waals surface area contributed by atoms with E-state index in [-0.39, 0.29) is 11.5 Å². The molecule has 1 saturated heterocycles. The van der Waals surface area contributed by atoms with Crippen LogP contribution in [0.2, 0.25) is 0 Å². The Labute approximate surface area is 107 Å². The molecule has 1 unspecified atom stereocenters. The first-order chi connectivity index (χ1) is 8.75. The third kappa shape index (κ3) is 1.72. The van der Waals surface area contributed by atoms with Gasteiger partial charge in [-0.1, -0.05) is 36.4 Å². The van der Waals surface area contributed by atoms with Crippen LogP contribution in [0.25, 0.3) is 10.8 Å². The third-order valence-corrected chi connectivity index (χ3v) is 3.98. The molecule has 1 aliphatic rings. The van der Waals surface area contributed by atoms with Crippen molar-refractivity contribution in [3.8, 4) is 0 Å². The lowest BCUT2D eigenvalue weighted by molar-refractivity contribution is -0.121. The van der Waals surface area contributed by atoms with Crippen molar-refractivity contribution in [2.75, 3.05) is 19.8 Å². The Balaban J connectivity index is 1.98. The third-order valence-electron chi connectivity index (χ3n) is 3.98. The van der Waals surface area contributed by atoms with E-state index >= 15 is 0 Å². The maximum atomic E-state index is 6.38. The Morgan fingerprint density at radius 2 is 1.83 bits per heavy atom. The zero-order valence-corrected chi connectivity index (χ0v) is 10.3. The number of benzene rings is 2. The molecule has 0 amide bonds. The van der Waals surface area contributed by atoms with Crippen molar-refractivity contribution in [1.29, 1.82) is 0 Å². The van der Waals surface area contributed by atoms with E-state index in [4.69, 9.17) is 16.2 Å². The molecule has 4 N–H and O–H groups in total. The maximum Gasteiger partial charge on any atom is 0.0575 e. The molecule has 3 nitrogen and oxygen atoms in total. The van der Waals surface area contributed by atoms with Crippen molar-refractivity contribution < 1.29 is 4.74 Å². The second-order valence-electron chi connectivity index (χ2n) is 5.14. The van der Waals surface area contributed by atoms with Crippen LogP contribution in [0.5, 0.6) is 0 Å². The summed E-state index contributed by atoms with van der Waals surface area (Å²) in [5.41, 5.74) is 13.3. The number of fused-ring (bicyclic) bond motifs is 1. The van der Waals surface area contributed by atoms with Crippen LogP contribution >= 0.6 is 0 Å². The van der Waals surface area contributed by atoms with E-state index in [0.717, 1.165) is 5.56 Å². The van der Waals surface area contributed by atoms with Crippen LogP contribution < -0.4 is 11.5 Å². The molecule has 3 heteroatoms. The molecule has 1 fully saturated rings. The molecule has 0 aliphatic carbocycles. The highest BCUT2D eigenvalue weighted by Crippen LogP contribution is 2.38. The largest absolute Gasteiger partial charge is 0.380 e. The number of hydrogen-bond acceptors (Lipinski definition) is 3. The van der Waals surface area contributed by atoms with Crippen molar-refractivity contribution in [3.63, 3.8) is 0 Å². The SMILES string of the molecule is NCC1(C(N)c2ccc3ccccc3c2)COC1. The van der Waals surface area contributed by atoms with E-state index in [1.54, 1.807) is 0 Å². The molecule has 1 aliphatic heterocycles. The highest BCUT2D eigenvalue weighted by atomic mass is 16.5. The topological polar surface area (TPSA) is 61.3 Å². The number of ether oxygens (including phenoxy) is 1. The lowest BCUT2D eigenvalue weighted by Crippen LogP contribution is -2.54. The molecule has 2 aromatic rings. The summed E-state index contributed by atoms with van der Waals surface area (Å²) in [6.07, 6.45) is 0. The van der Waals surface area contributed by atoms with Gasteiger partial charge < -0.3 is 16.2 Å². The summed E-state index contributed by atoms with van der Waals surface area (Å²) in [4.78, 5) is 0. The highest BCUT2D eigenvalue weighted by Gasteiger charge is 2.43. The zero-order chi connectivity index (χ0) is 12.6. The molecule has 0 radical (unpaired) electrons. The minimum Gasteiger partial charge on any atom is -0.380 e. The van der Waals surface area contributed by atoms with Gasteiger partial charge in [0.15, 0.2) is 0 Å². The quantitative estimate of drug-likeness (QED) is 0.863. The molecule has 2 aromatic carbocycles. The van der Waals surface area contributed by atoms with E-state index in [1.807, 2.05) is 12.1 Å². The van der Waals surface area contributed by atoms with E-state index in [9.17, 15) is 0 Å². The molecule has 1 heterocycles. The Morgan fingerprint density at radius 1 is 1.11 bits per heavy atom. The summed E-state index contributed by atoms with van der Waals surface area (Å²) in [5.74, 6) is 0. The fraction of sp³-hybridized carbons (Fsp3) is 0.333. The number of nitrogens with two attached hydrogens (primary N) is 2. The standard InChI is InChI=1S/C15H18N2O/c16-8-15(9-18-10-15)14(17)13-6-5-11-3-1-2-4-12(11)7-13/h1-7,14H,8-10,16-17H2. The van der Waals surface area contributed by atoms with Gasteiger partial charge in [-0.05, 0) is 22.4 Å². The zero-order valence-electron chi connectivity index (χ0n) is 10.3. The van der Waals surface area contributed by atoms with Gasteiger partial charge in [0.1, 0.15) is 0 Å². The van der Waals surface area contributed by atoms with E-state index in [1.165, 1.54) is 10.8 Å². The fourth-order valence-corrected chi connectivity index (χ4v) is 2.54. The van der Waals surface area contributed by atoms with Crippen molar-refractivity contribution in [2.45, 2.75) is 6.04 Å². The Hall–Kier alpha value is -1.42. The minimum atomic E-state index is -0.0809. The summed E-state index contributed by atoms with van der Waals surface area (Å²) < 4.78 is 5.30. The molecular formula is C15H18N2O. The smallest absolute Gasteiger partial charge is 0.0575 e. The van der Waals surface area contributed by atoms with Gasteiger partial charge in [0.2, 0.25) is 0 Å². The van der Waals surface area contributed by atoms with Crippen LogP contribution in [0.15, 0.2) is 42.5 Å². The van der Waals surface area contributed by atoms with E-state index in [0.29, 0.717) is 19.8 Å². The van der Waals surface area contributed by atoms with Crippen LogP contribution in [0.1, 0.15) is 11.6 Å². The summed E-state index contributed by atoms with van der Waals surface area (Å²) in [6, 6.07) is 14.6. The summed E-state index contributed by atoms with van der Waals surface area (Å²) in [5, 5.41) is 2.46. The number of rotatable bonds is 3. The predicted octanol–water partition coefficient (Wildman–Crippen LogP) is 1.81. The van der Waals surface area contributed by atoms with E-state index < -0.39 is 0 Å². The molecule has 18 heavy (non-hydrogen) atoms. The van der Waals surface area contributed by atoms with Gasteiger partial charge >= 0.3 is 0 Å². The molecule has 0 bridgehead atoms. The van der Waals surface area contributed by atoms with Crippen LogP contribution in [0.4, 0.5) is 0 Å². The normalized spacial score (nSPS) is 19.4. The molecule has 1 atom stereocenters. The second-order valence-corrected chi connectivity index (χ2v) is 5.14. The van der Waals surface area contributed by atoms with Crippen LogP contribution in [-0.2, 0) is 4.74 Å². The minimum absolute atomic E-state index is 0.0548. The van der Waals surface area contributed by atoms with Gasteiger partial charge in [-0.25, -0.2) is 0 Å². The van der Waals surface area contributed by atoms with Gasteiger partial charge in [-0.2, -0.15) is 0 Å². The van der Waals surface area contributed by atoms with Crippen molar-refractivity contribution >= 4 is 10.8 Å². The lowest BCUT2D eigenvalue weighted by atomic mass is 9.75. The molecular weight excluding hydrogens is 224 g/mol. The van der Waals surface area contributed by atoms with Crippen LogP contribution in [0.3, 0.4) is 0 Å². The van der Waals surface area contributed by atoms with Crippen molar-refractivity contribution in [2.24, 2.45) is 16.9 Å². The second kappa shape index (κ2) is 4.35. The average molecular weight is 242 g/mol. The average Bonchev–Trinajstić information content (AvgIpc) is 2.37. The molecule has 0 spiro atoms. The highest BCUT2D eigenvalue weighted by molar-refractivity contribution is 5.83. The molecule has 0 aromatic heterocycles. The first kappa shape index (κ1) is 11.7. The monoisotopic (exact) mass is 242 g/mol. The number of hydrogen-bond donors (Lipinski definition) is 2. The van der Waals surface area contributed by atoms with Gasteiger partial charge in [-0.15, -0.1) is 0 Å². The summed E-state index contributed by atoms with van der Waals surface area (Å²) in [7, 11) is 0.